The fraction of sp³-hybridized carbons (Fsp3) is 0.154. The van der Waals surface area contributed by atoms with E-state index in [4.69, 9.17) is 11.6 Å². The Kier molecular flexibility index (Phi) is 4.62. The van der Waals surface area contributed by atoms with Crippen LogP contribution in [-0.2, 0) is 14.6 Å². The van der Waals surface area contributed by atoms with Gasteiger partial charge in [0.15, 0.2) is 0 Å². The summed E-state index contributed by atoms with van der Waals surface area (Å²) in [6.07, 6.45) is 2.32. The van der Waals surface area contributed by atoms with Crippen LogP contribution < -0.4 is 5.32 Å². The minimum Gasteiger partial charge on any atom is -0.290 e. The van der Waals surface area contributed by atoms with Crippen molar-refractivity contribution in [2.24, 2.45) is 0 Å². The molecule has 2 rings (SSSR count). The third-order valence-electron chi connectivity index (χ3n) is 2.70. The van der Waals surface area contributed by atoms with Crippen LogP contribution in [0.25, 0.3) is 5.57 Å². The maximum Gasteiger partial charge on any atom is 0.251 e. The van der Waals surface area contributed by atoms with Crippen molar-refractivity contribution in [1.82, 2.24) is 15.2 Å². The number of H-pyrrole nitrogens is 1. The molecule has 0 unspecified atom stereocenters. The Balaban J connectivity index is 2.15. The van der Waals surface area contributed by atoms with Crippen LogP contribution in [0.2, 0.25) is 5.02 Å². The first-order chi connectivity index (χ1) is 10.3. The largest absolute Gasteiger partial charge is 0.290 e. The number of hydrogen-bond donors (Lipinski definition) is 2. The number of carbonyl (C=O) groups is 1. The normalized spacial score (nSPS) is 12.2. The summed E-state index contributed by atoms with van der Waals surface area (Å²) in [5.41, 5.74) is 1.38. The van der Waals surface area contributed by atoms with Crippen molar-refractivity contribution in [2.45, 2.75) is 12.1 Å². The van der Waals surface area contributed by atoms with Gasteiger partial charge in [0.1, 0.15) is 0 Å². The second-order valence-corrected chi connectivity index (χ2v) is 6.87. The lowest BCUT2D eigenvalue weighted by Gasteiger charge is -2.04. The average Bonchev–Trinajstić information content (AvgIpc) is 2.87. The van der Waals surface area contributed by atoms with Gasteiger partial charge in [0.05, 0.1) is 0 Å². The summed E-state index contributed by atoms with van der Waals surface area (Å²) in [7, 11) is -3.50. The summed E-state index contributed by atoms with van der Waals surface area (Å²) in [6, 6.07) is 7.11. The minimum absolute atomic E-state index is 0.117. The van der Waals surface area contributed by atoms with Gasteiger partial charge in [-0.15, -0.1) is 5.10 Å². The van der Waals surface area contributed by atoms with Crippen LogP contribution in [-0.4, -0.2) is 35.8 Å². The first-order valence-electron chi connectivity index (χ1n) is 6.14. The number of sulfone groups is 1. The molecule has 9 heteroatoms. The van der Waals surface area contributed by atoms with Gasteiger partial charge in [-0.2, -0.15) is 4.98 Å². The van der Waals surface area contributed by atoms with Gasteiger partial charge < -0.3 is 0 Å². The Morgan fingerprint density at radius 3 is 2.64 bits per heavy atom. The van der Waals surface area contributed by atoms with Gasteiger partial charge in [0, 0.05) is 17.4 Å². The van der Waals surface area contributed by atoms with E-state index in [0.29, 0.717) is 10.6 Å². The number of allylic oxidation sites excluding steroid dienone is 1. The number of amides is 1. The molecule has 0 aliphatic heterocycles. The van der Waals surface area contributed by atoms with Crippen LogP contribution in [0.1, 0.15) is 12.5 Å². The number of anilines is 1. The average molecular weight is 341 g/mol. The third-order valence-corrected chi connectivity index (χ3v) is 3.91. The van der Waals surface area contributed by atoms with E-state index in [2.05, 4.69) is 20.5 Å². The highest BCUT2D eigenvalue weighted by molar-refractivity contribution is 7.90. The molecule has 1 heterocycles. The van der Waals surface area contributed by atoms with Crippen molar-refractivity contribution in [3.8, 4) is 0 Å². The zero-order valence-corrected chi connectivity index (χ0v) is 13.4. The summed E-state index contributed by atoms with van der Waals surface area (Å²) in [6.45, 7) is 1.74. The molecule has 0 radical (unpaired) electrons. The molecule has 22 heavy (non-hydrogen) atoms. The Labute approximate surface area is 132 Å². The fourth-order valence-electron chi connectivity index (χ4n) is 1.67. The zero-order valence-electron chi connectivity index (χ0n) is 11.8. The molecule has 0 saturated carbocycles. The van der Waals surface area contributed by atoms with Gasteiger partial charge in [-0.25, -0.2) is 13.5 Å². The number of benzene rings is 1. The molecule has 2 aromatic rings. The van der Waals surface area contributed by atoms with Crippen molar-refractivity contribution >= 4 is 38.9 Å². The lowest BCUT2D eigenvalue weighted by Crippen LogP contribution is -2.10. The first kappa shape index (κ1) is 16.2. The smallest absolute Gasteiger partial charge is 0.251 e. The van der Waals surface area contributed by atoms with E-state index in [-0.39, 0.29) is 11.1 Å². The van der Waals surface area contributed by atoms with Crippen molar-refractivity contribution in [3.05, 3.63) is 40.9 Å². The molecule has 2 N–H and O–H groups in total. The summed E-state index contributed by atoms with van der Waals surface area (Å²) >= 11 is 6.05. The third kappa shape index (κ3) is 3.92. The Morgan fingerprint density at radius 1 is 1.36 bits per heavy atom. The maximum absolute atomic E-state index is 11.9. The lowest BCUT2D eigenvalue weighted by molar-refractivity contribution is -0.111. The predicted molar refractivity (Wildman–Crippen MR) is 83.2 cm³/mol. The van der Waals surface area contributed by atoms with E-state index in [1.54, 1.807) is 25.1 Å². The van der Waals surface area contributed by atoms with Gasteiger partial charge in [-0.3, -0.25) is 10.1 Å². The molecule has 0 saturated heterocycles. The molecule has 0 fully saturated rings. The van der Waals surface area contributed by atoms with Gasteiger partial charge in [-0.05, 0) is 24.1 Å². The number of hydrogen-bond acceptors (Lipinski definition) is 5. The van der Waals surface area contributed by atoms with Gasteiger partial charge >= 0.3 is 0 Å². The molecular formula is C13H13ClN4O3S. The Bertz CT molecular complexity index is 842. The van der Waals surface area contributed by atoms with E-state index in [1.165, 1.54) is 6.08 Å². The monoisotopic (exact) mass is 340 g/mol. The van der Waals surface area contributed by atoms with E-state index in [9.17, 15) is 13.2 Å². The van der Waals surface area contributed by atoms with Crippen LogP contribution in [0.3, 0.4) is 0 Å². The van der Waals surface area contributed by atoms with Crippen LogP contribution in [0.5, 0.6) is 0 Å². The number of aromatic amines is 1. The number of carbonyl (C=O) groups excluding carboxylic acids is 1. The van der Waals surface area contributed by atoms with E-state index in [0.717, 1.165) is 11.8 Å². The Hall–Kier alpha value is -2.19. The Morgan fingerprint density at radius 2 is 2.05 bits per heavy atom. The van der Waals surface area contributed by atoms with Crippen molar-refractivity contribution < 1.29 is 13.2 Å². The lowest BCUT2D eigenvalue weighted by atomic mass is 10.1. The molecule has 1 aromatic heterocycles. The SMILES string of the molecule is C/C(=C\C(=O)Nc1n[nH]c(S(C)(=O)=O)n1)c1ccccc1Cl. The highest BCUT2D eigenvalue weighted by Gasteiger charge is 2.14. The summed E-state index contributed by atoms with van der Waals surface area (Å²) in [5, 5.41) is 8.45. The molecule has 7 nitrogen and oxygen atoms in total. The van der Waals surface area contributed by atoms with E-state index >= 15 is 0 Å². The van der Waals surface area contributed by atoms with Gasteiger partial charge in [0.2, 0.25) is 20.9 Å². The second kappa shape index (κ2) is 6.29. The first-order valence-corrected chi connectivity index (χ1v) is 8.41. The van der Waals surface area contributed by atoms with E-state index in [1.807, 2.05) is 6.07 Å². The van der Waals surface area contributed by atoms with Gasteiger partial charge in [0.25, 0.3) is 5.91 Å². The molecule has 0 aliphatic carbocycles. The van der Waals surface area contributed by atoms with Crippen molar-refractivity contribution in [3.63, 3.8) is 0 Å². The van der Waals surface area contributed by atoms with Crippen molar-refractivity contribution in [1.29, 1.82) is 0 Å². The topological polar surface area (TPSA) is 105 Å². The standard InChI is InChI=1S/C13H13ClN4O3S/c1-8(9-5-3-4-6-10(9)14)7-11(19)15-12-16-13(18-17-12)22(2,20)21/h3-7H,1-2H3,(H2,15,16,17,18,19)/b8-7+. The summed E-state index contributed by atoms with van der Waals surface area (Å²) < 4.78 is 22.5. The second-order valence-electron chi connectivity index (χ2n) is 4.53. The predicted octanol–water partition coefficient (Wildman–Crippen LogP) is 1.90. The molecule has 0 atom stereocenters. The minimum atomic E-state index is -3.50. The summed E-state index contributed by atoms with van der Waals surface area (Å²) in [4.78, 5) is 15.6. The van der Waals surface area contributed by atoms with Crippen LogP contribution in [0, 0.1) is 0 Å². The molecular weight excluding hydrogens is 328 g/mol. The van der Waals surface area contributed by atoms with Crippen LogP contribution in [0.15, 0.2) is 35.5 Å². The number of nitrogens with zero attached hydrogens (tertiary/aromatic N) is 2. The van der Waals surface area contributed by atoms with Gasteiger partial charge in [-0.1, -0.05) is 29.8 Å². The maximum atomic E-state index is 11.9. The molecule has 0 aliphatic rings. The number of halogens is 1. The quantitative estimate of drug-likeness (QED) is 0.827. The summed E-state index contributed by atoms with van der Waals surface area (Å²) in [5.74, 6) is -0.606. The number of nitrogens with one attached hydrogen (secondary N) is 2. The molecule has 1 amide bonds. The highest BCUT2D eigenvalue weighted by atomic mass is 35.5. The molecule has 116 valence electrons. The van der Waals surface area contributed by atoms with E-state index < -0.39 is 15.7 Å². The van der Waals surface area contributed by atoms with Crippen LogP contribution >= 0.6 is 11.6 Å². The number of rotatable bonds is 4. The van der Waals surface area contributed by atoms with Crippen molar-refractivity contribution in [2.75, 3.05) is 11.6 Å². The fourth-order valence-corrected chi connectivity index (χ4v) is 2.42. The highest BCUT2D eigenvalue weighted by Crippen LogP contribution is 2.22. The van der Waals surface area contributed by atoms with Crippen LogP contribution in [0.4, 0.5) is 5.95 Å². The molecule has 0 spiro atoms. The molecule has 1 aromatic carbocycles. The molecule has 0 bridgehead atoms. The number of aromatic nitrogens is 3. The zero-order chi connectivity index (χ0) is 16.3.